The summed E-state index contributed by atoms with van der Waals surface area (Å²) < 4.78 is 0. The van der Waals surface area contributed by atoms with E-state index in [1.807, 2.05) is 0 Å². The Morgan fingerprint density at radius 1 is 1.21 bits per heavy atom. The second kappa shape index (κ2) is 4.94. The Labute approximate surface area is 117 Å². The molecule has 0 radical (unpaired) electrons. The molecule has 1 saturated carbocycles. The summed E-state index contributed by atoms with van der Waals surface area (Å²) in [4.78, 5) is 0. The van der Waals surface area contributed by atoms with E-state index in [1.54, 1.807) is 11.1 Å². The molecule has 3 atom stereocenters. The molecule has 1 nitrogen and oxygen atoms in total. The fraction of sp³-hybridized carbons (Fsp3) is 0.667. The van der Waals surface area contributed by atoms with E-state index < -0.39 is 0 Å². The quantitative estimate of drug-likeness (QED) is 0.858. The van der Waals surface area contributed by atoms with Crippen molar-refractivity contribution in [3.8, 4) is 0 Å². The average Bonchev–Trinajstić information content (AvgIpc) is 2.60. The van der Waals surface area contributed by atoms with Gasteiger partial charge in [0.2, 0.25) is 0 Å². The minimum Gasteiger partial charge on any atom is -0.316 e. The van der Waals surface area contributed by atoms with Gasteiger partial charge in [0, 0.05) is 6.04 Å². The standard InChI is InChI=1S/C18H27N/c1-4-18(5-2)16-14-11-7-6-9-13(14)10-8-12-15(16)17(18)19-3/h6-7,9,11,15-17,19H,4-5,8,10,12H2,1-3H3. The second-order valence-corrected chi connectivity index (χ2v) is 6.44. The lowest BCUT2D eigenvalue weighted by Crippen LogP contribution is -2.63. The fourth-order valence-electron chi connectivity index (χ4n) is 5.22. The van der Waals surface area contributed by atoms with Crippen LogP contribution < -0.4 is 5.32 Å². The Kier molecular flexibility index (Phi) is 3.42. The lowest BCUT2D eigenvalue weighted by molar-refractivity contribution is -0.0477. The first-order valence-corrected chi connectivity index (χ1v) is 8.03. The summed E-state index contributed by atoms with van der Waals surface area (Å²) in [7, 11) is 2.16. The number of rotatable bonds is 3. The van der Waals surface area contributed by atoms with E-state index in [-0.39, 0.29) is 0 Å². The molecular weight excluding hydrogens is 230 g/mol. The predicted octanol–water partition coefficient (Wildman–Crippen LogP) is 4.13. The van der Waals surface area contributed by atoms with Crippen molar-refractivity contribution in [3.05, 3.63) is 35.4 Å². The van der Waals surface area contributed by atoms with E-state index >= 15 is 0 Å². The smallest absolute Gasteiger partial charge is 0.0161 e. The Morgan fingerprint density at radius 3 is 2.63 bits per heavy atom. The van der Waals surface area contributed by atoms with E-state index in [0.717, 1.165) is 17.9 Å². The molecule has 1 fully saturated rings. The molecule has 2 aliphatic carbocycles. The van der Waals surface area contributed by atoms with E-state index in [1.165, 1.54) is 32.1 Å². The van der Waals surface area contributed by atoms with Crippen molar-refractivity contribution < 1.29 is 0 Å². The SMILES string of the molecule is CCC1(CC)C(NC)C2CCCc3ccccc3C21. The highest BCUT2D eigenvalue weighted by molar-refractivity contribution is 5.38. The van der Waals surface area contributed by atoms with Gasteiger partial charge in [-0.15, -0.1) is 0 Å². The van der Waals surface area contributed by atoms with Crippen LogP contribution >= 0.6 is 0 Å². The van der Waals surface area contributed by atoms with Crippen LogP contribution in [0.1, 0.15) is 56.6 Å². The molecule has 1 N–H and O–H groups in total. The third-order valence-electron chi connectivity index (χ3n) is 6.10. The number of hydrogen-bond acceptors (Lipinski definition) is 1. The zero-order valence-corrected chi connectivity index (χ0v) is 12.6. The van der Waals surface area contributed by atoms with Gasteiger partial charge in [-0.2, -0.15) is 0 Å². The molecular formula is C18H27N. The van der Waals surface area contributed by atoms with Gasteiger partial charge in [0.15, 0.2) is 0 Å². The second-order valence-electron chi connectivity index (χ2n) is 6.44. The van der Waals surface area contributed by atoms with Crippen molar-refractivity contribution in [2.75, 3.05) is 7.05 Å². The predicted molar refractivity (Wildman–Crippen MR) is 81.5 cm³/mol. The largest absolute Gasteiger partial charge is 0.316 e. The highest BCUT2D eigenvalue weighted by atomic mass is 15.0. The van der Waals surface area contributed by atoms with Gasteiger partial charge in [0.25, 0.3) is 0 Å². The molecule has 3 rings (SSSR count). The number of nitrogens with one attached hydrogen (secondary N) is 1. The van der Waals surface area contributed by atoms with Gasteiger partial charge >= 0.3 is 0 Å². The van der Waals surface area contributed by atoms with E-state index in [4.69, 9.17) is 0 Å². The number of fused-ring (bicyclic) bond motifs is 3. The Hall–Kier alpha value is -0.820. The van der Waals surface area contributed by atoms with Crippen LogP contribution in [-0.4, -0.2) is 13.1 Å². The van der Waals surface area contributed by atoms with Crippen molar-refractivity contribution in [3.63, 3.8) is 0 Å². The van der Waals surface area contributed by atoms with Crippen LogP contribution in [0.15, 0.2) is 24.3 Å². The average molecular weight is 257 g/mol. The first-order valence-electron chi connectivity index (χ1n) is 8.03. The molecule has 0 amide bonds. The molecule has 2 aliphatic rings. The summed E-state index contributed by atoms with van der Waals surface area (Å²) in [5, 5.41) is 3.65. The molecule has 0 aliphatic heterocycles. The minimum absolute atomic E-state index is 0.486. The van der Waals surface area contributed by atoms with E-state index in [2.05, 4.69) is 50.5 Å². The zero-order valence-electron chi connectivity index (χ0n) is 12.6. The van der Waals surface area contributed by atoms with Crippen LogP contribution in [0.4, 0.5) is 0 Å². The number of aryl methyl sites for hydroxylation is 1. The Bertz CT molecular complexity index is 447. The summed E-state index contributed by atoms with van der Waals surface area (Å²) in [6.07, 6.45) is 6.63. The number of hydrogen-bond donors (Lipinski definition) is 1. The van der Waals surface area contributed by atoms with Gasteiger partial charge in [0.1, 0.15) is 0 Å². The van der Waals surface area contributed by atoms with Crippen LogP contribution in [0.5, 0.6) is 0 Å². The van der Waals surface area contributed by atoms with Gasteiger partial charge in [-0.25, -0.2) is 0 Å². The normalized spacial score (nSPS) is 31.8. The zero-order chi connectivity index (χ0) is 13.5. The first-order chi connectivity index (χ1) is 9.28. The molecule has 19 heavy (non-hydrogen) atoms. The lowest BCUT2D eigenvalue weighted by Gasteiger charge is -2.62. The summed E-state index contributed by atoms with van der Waals surface area (Å²) in [6, 6.07) is 9.94. The van der Waals surface area contributed by atoms with E-state index in [9.17, 15) is 0 Å². The molecule has 0 aromatic heterocycles. The summed E-state index contributed by atoms with van der Waals surface area (Å²) >= 11 is 0. The van der Waals surface area contributed by atoms with Crippen molar-refractivity contribution in [2.45, 2.75) is 57.9 Å². The Morgan fingerprint density at radius 2 is 1.95 bits per heavy atom. The topological polar surface area (TPSA) is 12.0 Å². The lowest BCUT2D eigenvalue weighted by atomic mass is 9.45. The minimum atomic E-state index is 0.486. The summed E-state index contributed by atoms with van der Waals surface area (Å²) in [6.45, 7) is 4.77. The van der Waals surface area contributed by atoms with Crippen molar-refractivity contribution >= 4 is 0 Å². The maximum Gasteiger partial charge on any atom is 0.0161 e. The van der Waals surface area contributed by atoms with Crippen LogP contribution in [0, 0.1) is 11.3 Å². The monoisotopic (exact) mass is 257 g/mol. The van der Waals surface area contributed by atoms with Gasteiger partial charge < -0.3 is 5.32 Å². The molecule has 0 heterocycles. The summed E-state index contributed by atoms with van der Waals surface area (Å²) in [5.74, 6) is 1.65. The molecule has 1 aromatic carbocycles. The highest BCUT2D eigenvalue weighted by Crippen LogP contribution is 2.63. The van der Waals surface area contributed by atoms with Crippen molar-refractivity contribution in [2.24, 2.45) is 11.3 Å². The molecule has 1 aromatic rings. The van der Waals surface area contributed by atoms with Gasteiger partial charge in [-0.3, -0.25) is 0 Å². The molecule has 0 bridgehead atoms. The highest BCUT2D eigenvalue weighted by Gasteiger charge is 2.59. The van der Waals surface area contributed by atoms with Gasteiger partial charge in [-0.05, 0) is 67.5 Å². The van der Waals surface area contributed by atoms with E-state index in [0.29, 0.717) is 5.41 Å². The molecule has 0 saturated heterocycles. The van der Waals surface area contributed by atoms with Crippen LogP contribution in [0.3, 0.4) is 0 Å². The van der Waals surface area contributed by atoms with Crippen molar-refractivity contribution in [1.82, 2.24) is 5.32 Å². The molecule has 0 spiro atoms. The molecule has 1 heteroatoms. The molecule has 104 valence electrons. The number of benzene rings is 1. The maximum atomic E-state index is 3.65. The van der Waals surface area contributed by atoms with Gasteiger partial charge in [0.05, 0.1) is 0 Å². The Balaban J connectivity index is 2.06. The molecule has 3 unspecified atom stereocenters. The van der Waals surface area contributed by atoms with Crippen LogP contribution in [-0.2, 0) is 6.42 Å². The fourth-order valence-corrected chi connectivity index (χ4v) is 5.22. The van der Waals surface area contributed by atoms with Crippen LogP contribution in [0.25, 0.3) is 0 Å². The third kappa shape index (κ3) is 1.71. The van der Waals surface area contributed by atoms with Crippen molar-refractivity contribution in [1.29, 1.82) is 0 Å². The first kappa shape index (κ1) is 13.2. The van der Waals surface area contributed by atoms with Crippen LogP contribution in [0.2, 0.25) is 0 Å². The maximum absolute atomic E-state index is 3.65. The van der Waals surface area contributed by atoms with Gasteiger partial charge in [-0.1, -0.05) is 38.1 Å². The third-order valence-corrected chi connectivity index (χ3v) is 6.10. The summed E-state index contributed by atoms with van der Waals surface area (Å²) in [5.41, 5.74) is 3.77.